The van der Waals surface area contributed by atoms with E-state index in [0.29, 0.717) is 16.9 Å². The van der Waals surface area contributed by atoms with Crippen molar-refractivity contribution < 1.29 is 23.1 Å². The van der Waals surface area contributed by atoms with Crippen LogP contribution in [0.3, 0.4) is 0 Å². The van der Waals surface area contributed by atoms with Crippen LogP contribution in [-0.4, -0.2) is 26.5 Å². The minimum Gasteiger partial charge on any atom is -0.508 e. The summed E-state index contributed by atoms with van der Waals surface area (Å²) in [7, 11) is -2.78. The first-order chi connectivity index (χ1) is 15.1. The number of sulfonamides is 1. The lowest BCUT2D eigenvalue weighted by Gasteiger charge is -2.26. The number of aromatic hydroxyl groups is 1. The van der Waals surface area contributed by atoms with E-state index < -0.39 is 15.9 Å². The second kappa shape index (κ2) is 9.04. The second-order valence-electron chi connectivity index (χ2n) is 7.97. The third-order valence-corrected chi connectivity index (χ3v) is 6.98. The predicted molar refractivity (Wildman–Crippen MR) is 125 cm³/mol. The standard InChI is InChI=1S/C25H27NO5S/c1-16(2)22-15-23(18(4)14-24(22)27)26(25(28)19-8-6-17(3)7-9-19)32(29,30)21-12-10-20(31-5)11-13-21/h6-16,27H,1-5H3. The van der Waals surface area contributed by atoms with Crippen LogP contribution in [0.2, 0.25) is 0 Å². The number of hydrogen-bond donors (Lipinski definition) is 1. The molecule has 3 aromatic carbocycles. The van der Waals surface area contributed by atoms with Gasteiger partial charge in [0.05, 0.1) is 17.7 Å². The quantitative estimate of drug-likeness (QED) is 0.556. The van der Waals surface area contributed by atoms with Crippen molar-refractivity contribution in [1.82, 2.24) is 0 Å². The van der Waals surface area contributed by atoms with Gasteiger partial charge in [-0.1, -0.05) is 31.5 Å². The van der Waals surface area contributed by atoms with E-state index in [1.54, 1.807) is 37.3 Å². The molecule has 0 spiro atoms. The number of amides is 1. The van der Waals surface area contributed by atoms with Crippen LogP contribution in [0.15, 0.2) is 65.6 Å². The predicted octanol–water partition coefficient (Wildman–Crippen LogP) is 5.18. The van der Waals surface area contributed by atoms with Crippen molar-refractivity contribution in [2.24, 2.45) is 0 Å². The van der Waals surface area contributed by atoms with Crippen molar-refractivity contribution in [1.29, 1.82) is 0 Å². The monoisotopic (exact) mass is 453 g/mol. The van der Waals surface area contributed by atoms with Crippen molar-refractivity contribution in [3.05, 3.63) is 82.9 Å². The molecule has 0 saturated carbocycles. The summed E-state index contributed by atoms with van der Waals surface area (Å²) in [6.45, 7) is 7.33. The maximum atomic E-state index is 13.7. The molecule has 0 aromatic heterocycles. The summed E-state index contributed by atoms with van der Waals surface area (Å²) >= 11 is 0. The summed E-state index contributed by atoms with van der Waals surface area (Å²) in [4.78, 5) is 13.5. The van der Waals surface area contributed by atoms with Gasteiger partial charge in [0.15, 0.2) is 0 Å². The number of carbonyl (C=O) groups is 1. The number of nitrogens with zero attached hydrogens (tertiary/aromatic N) is 1. The molecule has 0 radical (unpaired) electrons. The summed E-state index contributed by atoms with van der Waals surface area (Å²) < 4.78 is 33.4. The summed E-state index contributed by atoms with van der Waals surface area (Å²) in [5.41, 5.74) is 2.41. The fourth-order valence-electron chi connectivity index (χ4n) is 3.39. The smallest absolute Gasteiger partial charge is 0.272 e. The van der Waals surface area contributed by atoms with Crippen molar-refractivity contribution in [3.63, 3.8) is 0 Å². The fraction of sp³-hybridized carbons (Fsp3) is 0.240. The van der Waals surface area contributed by atoms with Crippen molar-refractivity contribution >= 4 is 21.6 Å². The van der Waals surface area contributed by atoms with Gasteiger partial charge in [-0.05, 0) is 79.4 Å². The molecule has 1 amide bonds. The Bertz CT molecular complexity index is 1230. The lowest BCUT2D eigenvalue weighted by molar-refractivity contribution is 0.100. The van der Waals surface area contributed by atoms with E-state index in [1.807, 2.05) is 20.8 Å². The Kier molecular flexibility index (Phi) is 6.60. The molecule has 168 valence electrons. The van der Waals surface area contributed by atoms with E-state index in [9.17, 15) is 18.3 Å². The average Bonchev–Trinajstić information content (AvgIpc) is 2.75. The first-order valence-electron chi connectivity index (χ1n) is 10.2. The molecule has 0 saturated heterocycles. The Morgan fingerprint density at radius 3 is 2.09 bits per heavy atom. The SMILES string of the molecule is COc1ccc(S(=O)(=O)N(C(=O)c2ccc(C)cc2)c2cc(C(C)C)c(O)cc2C)cc1. The highest BCUT2D eigenvalue weighted by Gasteiger charge is 2.33. The molecule has 0 heterocycles. The van der Waals surface area contributed by atoms with Crippen LogP contribution < -0.4 is 9.04 Å². The van der Waals surface area contributed by atoms with Crippen LogP contribution in [0.25, 0.3) is 0 Å². The van der Waals surface area contributed by atoms with E-state index in [0.717, 1.165) is 9.87 Å². The number of phenols is 1. The van der Waals surface area contributed by atoms with Crippen LogP contribution >= 0.6 is 0 Å². The van der Waals surface area contributed by atoms with Gasteiger partial charge in [0.25, 0.3) is 15.9 Å². The van der Waals surface area contributed by atoms with Gasteiger partial charge in [-0.3, -0.25) is 4.79 Å². The highest BCUT2D eigenvalue weighted by atomic mass is 32.2. The van der Waals surface area contributed by atoms with Gasteiger partial charge < -0.3 is 9.84 Å². The van der Waals surface area contributed by atoms with Gasteiger partial charge in [-0.15, -0.1) is 0 Å². The third kappa shape index (κ3) is 4.48. The Balaban J connectivity index is 2.25. The second-order valence-corrected chi connectivity index (χ2v) is 9.76. The maximum Gasteiger partial charge on any atom is 0.272 e. The average molecular weight is 454 g/mol. The molecule has 3 aromatic rings. The maximum absolute atomic E-state index is 13.7. The van der Waals surface area contributed by atoms with Crippen molar-refractivity contribution in [3.8, 4) is 11.5 Å². The van der Waals surface area contributed by atoms with Gasteiger partial charge in [0, 0.05) is 5.56 Å². The zero-order valence-corrected chi connectivity index (χ0v) is 19.6. The summed E-state index contributed by atoms with van der Waals surface area (Å²) in [6.07, 6.45) is 0. The van der Waals surface area contributed by atoms with E-state index in [2.05, 4.69) is 0 Å². The van der Waals surface area contributed by atoms with Gasteiger partial charge in [-0.25, -0.2) is 8.42 Å². The van der Waals surface area contributed by atoms with Crippen LogP contribution in [0, 0.1) is 13.8 Å². The molecular formula is C25H27NO5S. The first kappa shape index (κ1) is 23.3. The molecule has 0 atom stereocenters. The van der Waals surface area contributed by atoms with Crippen molar-refractivity contribution in [2.75, 3.05) is 11.4 Å². The highest BCUT2D eigenvalue weighted by Crippen LogP contribution is 2.36. The zero-order chi connectivity index (χ0) is 23.6. The molecule has 1 N–H and O–H groups in total. The molecule has 0 aliphatic heterocycles. The van der Waals surface area contributed by atoms with Crippen LogP contribution in [-0.2, 0) is 10.0 Å². The van der Waals surface area contributed by atoms with Gasteiger partial charge in [0.2, 0.25) is 0 Å². The lowest BCUT2D eigenvalue weighted by atomic mass is 9.99. The van der Waals surface area contributed by atoms with Crippen LogP contribution in [0.4, 0.5) is 5.69 Å². The van der Waals surface area contributed by atoms with E-state index in [-0.39, 0.29) is 27.8 Å². The molecule has 6 nitrogen and oxygen atoms in total. The number of benzene rings is 3. The molecule has 0 aliphatic carbocycles. The molecule has 0 fully saturated rings. The fourth-order valence-corrected chi connectivity index (χ4v) is 4.86. The molecule has 7 heteroatoms. The van der Waals surface area contributed by atoms with Gasteiger partial charge in [0.1, 0.15) is 11.5 Å². The van der Waals surface area contributed by atoms with Crippen LogP contribution in [0.5, 0.6) is 11.5 Å². The van der Waals surface area contributed by atoms with E-state index >= 15 is 0 Å². The molecular weight excluding hydrogens is 426 g/mol. The van der Waals surface area contributed by atoms with Crippen molar-refractivity contribution in [2.45, 2.75) is 38.5 Å². The number of ether oxygens (including phenoxy) is 1. The topological polar surface area (TPSA) is 83.9 Å². The number of methoxy groups -OCH3 is 1. The number of hydrogen-bond acceptors (Lipinski definition) is 5. The number of rotatable bonds is 6. The zero-order valence-electron chi connectivity index (χ0n) is 18.8. The Hall–Kier alpha value is -3.32. The van der Waals surface area contributed by atoms with E-state index in [4.69, 9.17) is 4.74 Å². The minimum atomic E-state index is -4.27. The summed E-state index contributed by atoms with van der Waals surface area (Å²) in [6, 6.07) is 15.7. The van der Waals surface area contributed by atoms with E-state index in [1.165, 1.54) is 37.4 Å². The minimum absolute atomic E-state index is 0.0441. The summed E-state index contributed by atoms with van der Waals surface area (Å²) in [5.74, 6) is -0.187. The molecule has 0 aliphatic rings. The number of carbonyl (C=O) groups excluding carboxylic acids is 1. The summed E-state index contributed by atoms with van der Waals surface area (Å²) in [5, 5.41) is 10.4. The molecule has 32 heavy (non-hydrogen) atoms. The lowest BCUT2D eigenvalue weighted by Crippen LogP contribution is -2.37. The molecule has 0 unspecified atom stereocenters. The first-order valence-corrected chi connectivity index (χ1v) is 11.6. The Morgan fingerprint density at radius 2 is 1.56 bits per heavy atom. The van der Waals surface area contributed by atoms with Gasteiger partial charge in [-0.2, -0.15) is 4.31 Å². The van der Waals surface area contributed by atoms with Gasteiger partial charge >= 0.3 is 0 Å². The number of anilines is 1. The highest BCUT2D eigenvalue weighted by molar-refractivity contribution is 7.93. The Labute approximate surface area is 189 Å². The number of phenolic OH excluding ortho intramolecular Hbond substituents is 1. The normalized spacial score (nSPS) is 11.4. The third-order valence-electron chi connectivity index (χ3n) is 5.27. The molecule has 0 bridgehead atoms. The Morgan fingerprint density at radius 1 is 0.969 bits per heavy atom. The largest absolute Gasteiger partial charge is 0.508 e. The molecule has 3 rings (SSSR count). The van der Waals surface area contributed by atoms with Crippen LogP contribution in [0.1, 0.15) is 46.8 Å². The number of aryl methyl sites for hydroxylation is 2.